The second kappa shape index (κ2) is 11.9. The van der Waals surface area contributed by atoms with Crippen LogP contribution in [0.25, 0.3) is 0 Å². The molecule has 0 radical (unpaired) electrons. The van der Waals surface area contributed by atoms with Gasteiger partial charge in [-0.2, -0.15) is 0 Å². The topological polar surface area (TPSA) is 41.9 Å². The van der Waals surface area contributed by atoms with Crippen molar-refractivity contribution in [1.29, 1.82) is 0 Å². The van der Waals surface area contributed by atoms with Gasteiger partial charge in [-0.25, -0.2) is 0 Å². The highest BCUT2D eigenvalue weighted by Gasteiger charge is 2.22. The Labute approximate surface area is 112 Å². The molecule has 0 rings (SSSR count). The van der Waals surface area contributed by atoms with E-state index in [1.165, 1.54) is 0 Å². The zero-order chi connectivity index (χ0) is 13.8. The minimum absolute atomic E-state index is 0.0222. The van der Waals surface area contributed by atoms with Gasteiger partial charge in [-0.05, 0) is 26.9 Å². The second-order valence-electron chi connectivity index (χ2n) is 4.97. The van der Waals surface area contributed by atoms with Crippen LogP contribution in [0.5, 0.6) is 0 Å². The van der Waals surface area contributed by atoms with Gasteiger partial charge in [0, 0.05) is 19.8 Å². The molecule has 4 nitrogen and oxygen atoms in total. The Morgan fingerprint density at radius 1 is 0.944 bits per heavy atom. The summed E-state index contributed by atoms with van der Waals surface area (Å²) in [5.41, 5.74) is 0. The molecule has 0 aliphatic rings. The van der Waals surface area contributed by atoms with Crippen LogP contribution in [0.15, 0.2) is 0 Å². The normalized spacial score (nSPS) is 15.0. The smallest absolute Gasteiger partial charge is 0.108 e. The van der Waals surface area contributed by atoms with E-state index in [1.54, 1.807) is 0 Å². The van der Waals surface area contributed by atoms with Gasteiger partial charge >= 0.3 is 0 Å². The molecule has 110 valence electrons. The molecule has 1 N–H and O–H groups in total. The van der Waals surface area contributed by atoms with Crippen LogP contribution in [0.1, 0.15) is 39.5 Å². The molecule has 0 aliphatic carbocycles. The Kier molecular flexibility index (Phi) is 11.8. The summed E-state index contributed by atoms with van der Waals surface area (Å²) in [5, 5.41) is 9.44. The van der Waals surface area contributed by atoms with Gasteiger partial charge in [-0.15, -0.1) is 0 Å². The maximum Gasteiger partial charge on any atom is 0.108 e. The number of aliphatic hydroxyl groups is 1. The number of hydrogen-bond donors (Lipinski definition) is 1. The van der Waals surface area contributed by atoms with E-state index in [4.69, 9.17) is 9.47 Å². The zero-order valence-electron chi connectivity index (χ0n) is 12.5. The molecule has 0 amide bonds. The summed E-state index contributed by atoms with van der Waals surface area (Å²) in [4.78, 5) is 2.07. The molecule has 4 heteroatoms. The van der Waals surface area contributed by atoms with Crippen molar-refractivity contribution in [2.24, 2.45) is 0 Å². The van der Waals surface area contributed by atoms with E-state index >= 15 is 0 Å². The maximum atomic E-state index is 9.44. The number of unbranched alkanes of at least 4 members (excludes halogenated alkanes) is 2. The summed E-state index contributed by atoms with van der Waals surface area (Å²) in [6, 6.07) is 0. The first kappa shape index (κ1) is 17.8. The third kappa shape index (κ3) is 8.86. The van der Waals surface area contributed by atoms with Crippen molar-refractivity contribution in [3.05, 3.63) is 0 Å². The van der Waals surface area contributed by atoms with Crippen LogP contribution in [0.4, 0.5) is 0 Å². The van der Waals surface area contributed by atoms with Crippen molar-refractivity contribution in [1.82, 2.24) is 4.90 Å². The molecule has 0 heterocycles. The first-order chi connectivity index (χ1) is 8.65. The highest BCUT2D eigenvalue weighted by molar-refractivity contribution is 4.73. The lowest BCUT2D eigenvalue weighted by Crippen LogP contribution is -2.42. The van der Waals surface area contributed by atoms with Gasteiger partial charge in [0.1, 0.15) is 6.10 Å². The molecule has 0 spiro atoms. The van der Waals surface area contributed by atoms with Crippen molar-refractivity contribution in [2.75, 3.05) is 40.5 Å². The minimum atomic E-state index is -0.212. The summed E-state index contributed by atoms with van der Waals surface area (Å²) in [5.74, 6) is 0. The number of likely N-dealkylation sites (N-methyl/N-ethyl adjacent to an activating group) is 1. The molecule has 0 aromatic carbocycles. The molecule has 18 heavy (non-hydrogen) atoms. The monoisotopic (exact) mass is 261 g/mol. The minimum Gasteiger partial charge on any atom is -0.394 e. The Bertz CT molecular complexity index is 176. The van der Waals surface area contributed by atoms with E-state index in [0.29, 0.717) is 6.61 Å². The van der Waals surface area contributed by atoms with Crippen molar-refractivity contribution < 1.29 is 14.6 Å². The van der Waals surface area contributed by atoms with Gasteiger partial charge in [0.25, 0.3) is 0 Å². The lowest BCUT2D eigenvalue weighted by atomic mass is 10.2. The molecule has 0 aliphatic heterocycles. The van der Waals surface area contributed by atoms with E-state index in [2.05, 4.69) is 18.7 Å². The Hall–Kier alpha value is -0.160. The molecule has 0 saturated carbocycles. The van der Waals surface area contributed by atoms with Crippen LogP contribution >= 0.6 is 0 Å². The molecule has 0 aromatic heterocycles. The molecule has 0 unspecified atom stereocenters. The molecule has 0 fully saturated rings. The molecular formula is C14H31NO3. The Morgan fingerprint density at radius 2 is 1.44 bits per heavy atom. The summed E-state index contributed by atoms with van der Waals surface area (Å²) in [7, 11) is 4.02. The largest absolute Gasteiger partial charge is 0.394 e. The van der Waals surface area contributed by atoms with Gasteiger partial charge < -0.3 is 19.5 Å². The fourth-order valence-corrected chi connectivity index (χ4v) is 1.67. The lowest BCUT2D eigenvalue weighted by molar-refractivity contribution is -0.0995. The number of nitrogens with zero attached hydrogens (tertiary/aromatic N) is 1. The van der Waals surface area contributed by atoms with Crippen LogP contribution in [0, 0.1) is 0 Å². The van der Waals surface area contributed by atoms with Gasteiger partial charge in [-0.1, -0.05) is 26.7 Å². The highest BCUT2D eigenvalue weighted by Crippen LogP contribution is 2.08. The summed E-state index contributed by atoms with van der Waals surface area (Å²) >= 11 is 0. The van der Waals surface area contributed by atoms with Gasteiger partial charge in [0.2, 0.25) is 0 Å². The van der Waals surface area contributed by atoms with E-state index in [0.717, 1.165) is 38.8 Å². The van der Waals surface area contributed by atoms with Crippen LogP contribution in [-0.4, -0.2) is 62.7 Å². The van der Waals surface area contributed by atoms with E-state index < -0.39 is 0 Å². The average Bonchev–Trinajstić information content (AvgIpc) is 2.33. The van der Waals surface area contributed by atoms with E-state index in [9.17, 15) is 5.11 Å². The summed E-state index contributed by atoms with van der Waals surface area (Å²) < 4.78 is 11.6. The predicted molar refractivity (Wildman–Crippen MR) is 74.9 cm³/mol. The van der Waals surface area contributed by atoms with Crippen molar-refractivity contribution in [3.63, 3.8) is 0 Å². The first-order valence-corrected chi connectivity index (χ1v) is 7.14. The second-order valence-corrected chi connectivity index (χ2v) is 4.97. The fraction of sp³-hybridized carbons (Fsp3) is 1.00. The van der Waals surface area contributed by atoms with Gasteiger partial charge in [0.15, 0.2) is 0 Å². The van der Waals surface area contributed by atoms with E-state index in [1.807, 2.05) is 14.1 Å². The Balaban J connectivity index is 4.18. The SMILES string of the molecule is CCCCO[C@@H](CO)[C@H](CN(C)C)OCCCC. The van der Waals surface area contributed by atoms with Crippen molar-refractivity contribution >= 4 is 0 Å². The molecule has 0 aromatic rings. The van der Waals surface area contributed by atoms with Gasteiger partial charge in [0.05, 0.1) is 12.7 Å². The van der Waals surface area contributed by atoms with Crippen molar-refractivity contribution in [3.8, 4) is 0 Å². The molecule has 2 atom stereocenters. The van der Waals surface area contributed by atoms with Crippen LogP contribution < -0.4 is 0 Å². The fourth-order valence-electron chi connectivity index (χ4n) is 1.67. The lowest BCUT2D eigenvalue weighted by Gasteiger charge is -2.28. The van der Waals surface area contributed by atoms with Crippen LogP contribution in [0.3, 0.4) is 0 Å². The predicted octanol–water partition coefficient (Wildman–Crippen LogP) is 1.91. The quantitative estimate of drug-likeness (QED) is 0.545. The molecule has 0 bridgehead atoms. The van der Waals surface area contributed by atoms with Crippen molar-refractivity contribution in [2.45, 2.75) is 51.7 Å². The van der Waals surface area contributed by atoms with E-state index in [-0.39, 0.29) is 18.8 Å². The number of ether oxygens (including phenoxy) is 2. The number of rotatable bonds is 12. The maximum absolute atomic E-state index is 9.44. The zero-order valence-corrected chi connectivity index (χ0v) is 12.5. The van der Waals surface area contributed by atoms with Crippen LogP contribution in [-0.2, 0) is 9.47 Å². The standard InChI is InChI=1S/C14H31NO3/c1-5-7-9-17-13(11-15(3)4)14(12-16)18-10-8-6-2/h13-14,16H,5-12H2,1-4H3/t13-,14-/m0/s1. The third-order valence-electron chi connectivity index (χ3n) is 2.80. The number of hydrogen-bond acceptors (Lipinski definition) is 4. The van der Waals surface area contributed by atoms with Gasteiger partial charge in [-0.3, -0.25) is 0 Å². The first-order valence-electron chi connectivity index (χ1n) is 7.14. The molecule has 0 saturated heterocycles. The summed E-state index contributed by atoms with van der Waals surface area (Å²) in [6.07, 6.45) is 4.05. The average molecular weight is 261 g/mol. The highest BCUT2D eigenvalue weighted by atomic mass is 16.5. The number of aliphatic hydroxyl groups excluding tert-OH is 1. The third-order valence-corrected chi connectivity index (χ3v) is 2.80. The van der Waals surface area contributed by atoms with Crippen LogP contribution in [0.2, 0.25) is 0 Å². The summed E-state index contributed by atoms with van der Waals surface area (Å²) in [6.45, 7) is 6.51. The molecular weight excluding hydrogens is 230 g/mol. The Morgan fingerprint density at radius 3 is 1.83 bits per heavy atom.